The van der Waals surface area contributed by atoms with Crippen LogP contribution in [0.5, 0.6) is 11.6 Å². The topological polar surface area (TPSA) is 61.3 Å². The first-order valence-electron chi connectivity index (χ1n) is 7.09. The number of carbonyl (C=O) groups is 1. The van der Waals surface area contributed by atoms with Crippen LogP contribution in [0, 0.1) is 5.82 Å². The molecule has 0 radical (unpaired) electrons. The van der Waals surface area contributed by atoms with Crippen molar-refractivity contribution in [3.8, 4) is 11.6 Å². The van der Waals surface area contributed by atoms with Crippen LogP contribution in [0.25, 0.3) is 11.0 Å². The molecule has 1 unspecified atom stereocenters. The van der Waals surface area contributed by atoms with Crippen LogP contribution in [0.4, 0.5) is 4.39 Å². The second-order valence-electron chi connectivity index (χ2n) is 5.05. The van der Waals surface area contributed by atoms with Crippen LogP contribution in [-0.2, 0) is 9.53 Å². The van der Waals surface area contributed by atoms with Gasteiger partial charge in [-0.1, -0.05) is 17.7 Å². The third-order valence-corrected chi connectivity index (χ3v) is 3.83. The van der Waals surface area contributed by atoms with Crippen LogP contribution >= 0.6 is 23.2 Å². The Kier molecular flexibility index (Phi) is 5.13. The number of nitrogens with zero attached hydrogens (tertiary/aromatic N) is 2. The fourth-order valence-electron chi connectivity index (χ4n) is 2.25. The molecule has 0 amide bonds. The van der Waals surface area contributed by atoms with Crippen molar-refractivity contribution in [2.24, 2.45) is 0 Å². The van der Waals surface area contributed by atoms with Crippen molar-refractivity contribution < 1.29 is 18.7 Å². The van der Waals surface area contributed by atoms with E-state index < -0.39 is 17.2 Å². The zero-order valence-electron chi connectivity index (χ0n) is 12.9. The minimum Gasteiger partial charge on any atom is -0.434 e. The number of hydrogen-bond donors (Lipinski definition) is 0. The highest BCUT2D eigenvalue weighted by atomic mass is 35.5. The molecular weight excluding hydrogens is 370 g/mol. The van der Waals surface area contributed by atoms with Crippen molar-refractivity contribution in [3.63, 3.8) is 0 Å². The van der Waals surface area contributed by atoms with Gasteiger partial charge in [0.05, 0.1) is 17.2 Å². The van der Waals surface area contributed by atoms with Crippen molar-refractivity contribution in [1.29, 1.82) is 0 Å². The molecule has 128 valence electrons. The van der Waals surface area contributed by atoms with Gasteiger partial charge >= 0.3 is 0 Å². The number of fused-ring (bicyclic) bond motifs is 1. The molecule has 8 heteroatoms. The highest BCUT2D eigenvalue weighted by molar-refractivity contribution is 6.64. The summed E-state index contributed by atoms with van der Waals surface area (Å²) in [7, 11) is 1.31. The van der Waals surface area contributed by atoms with Crippen LogP contribution in [0.15, 0.2) is 42.6 Å². The summed E-state index contributed by atoms with van der Waals surface area (Å²) in [5.74, 6) is -0.628. The Hall–Kier alpha value is -2.28. The molecule has 0 aliphatic carbocycles. The molecule has 1 atom stereocenters. The molecule has 0 saturated heterocycles. The highest BCUT2D eigenvalue weighted by Crippen LogP contribution is 2.28. The molecule has 1 heterocycles. The maximum Gasteiger partial charge on any atom is 0.255 e. The molecule has 0 aliphatic heterocycles. The summed E-state index contributed by atoms with van der Waals surface area (Å²) in [6, 6.07) is 9.00. The molecule has 3 rings (SSSR count). The first-order chi connectivity index (χ1) is 12.0. The third-order valence-electron chi connectivity index (χ3n) is 3.40. The normalized spacial score (nSPS) is 12.2. The Balaban J connectivity index is 1.88. The van der Waals surface area contributed by atoms with E-state index in [9.17, 15) is 9.18 Å². The van der Waals surface area contributed by atoms with Gasteiger partial charge in [-0.05, 0) is 47.5 Å². The minimum absolute atomic E-state index is 0.0664. The highest BCUT2D eigenvalue weighted by Gasteiger charge is 2.20. The van der Waals surface area contributed by atoms with Crippen LogP contribution in [-0.4, -0.2) is 22.3 Å². The average molecular weight is 381 g/mol. The number of hydrogen-bond acceptors (Lipinski definition) is 5. The van der Waals surface area contributed by atoms with Crippen LogP contribution in [0.3, 0.4) is 0 Å². The molecule has 0 bridgehead atoms. The number of aromatic nitrogens is 2. The van der Waals surface area contributed by atoms with Crippen molar-refractivity contribution >= 4 is 39.5 Å². The van der Waals surface area contributed by atoms with Gasteiger partial charge in [0, 0.05) is 12.1 Å². The zero-order valence-corrected chi connectivity index (χ0v) is 14.4. The number of halogens is 3. The zero-order chi connectivity index (χ0) is 18.0. The number of methoxy groups -OCH3 is 1. The Labute approximate surface area is 152 Å². The monoisotopic (exact) mass is 380 g/mol. The Morgan fingerprint density at radius 3 is 2.68 bits per heavy atom. The van der Waals surface area contributed by atoms with Gasteiger partial charge in [0.25, 0.3) is 5.24 Å². The van der Waals surface area contributed by atoms with Gasteiger partial charge in [0.1, 0.15) is 0 Å². The van der Waals surface area contributed by atoms with Crippen LogP contribution in [0.1, 0.15) is 11.7 Å². The molecule has 1 aromatic heterocycles. The van der Waals surface area contributed by atoms with E-state index in [1.54, 1.807) is 18.2 Å². The van der Waals surface area contributed by atoms with Gasteiger partial charge < -0.3 is 9.47 Å². The Morgan fingerprint density at radius 2 is 2.00 bits per heavy atom. The lowest BCUT2D eigenvalue weighted by molar-refractivity contribution is -0.121. The van der Waals surface area contributed by atoms with E-state index in [0.717, 1.165) is 6.07 Å². The molecule has 5 nitrogen and oxygen atoms in total. The lowest BCUT2D eigenvalue weighted by Gasteiger charge is -2.12. The van der Waals surface area contributed by atoms with E-state index >= 15 is 0 Å². The van der Waals surface area contributed by atoms with Gasteiger partial charge in [-0.2, -0.15) is 0 Å². The first-order valence-corrected chi connectivity index (χ1v) is 7.85. The van der Waals surface area contributed by atoms with Crippen molar-refractivity contribution in [2.75, 3.05) is 7.11 Å². The summed E-state index contributed by atoms with van der Waals surface area (Å²) in [6.07, 6.45) is 0.321. The summed E-state index contributed by atoms with van der Waals surface area (Å²) in [5.41, 5.74) is 1.44. The van der Waals surface area contributed by atoms with E-state index in [4.69, 9.17) is 32.7 Å². The lowest BCUT2D eigenvalue weighted by Crippen LogP contribution is -2.09. The van der Waals surface area contributed by atoms with Gasteiger partial charge in [-0.3, -0.25) is 4.79 Å². The standard InChI is InChI=1S/C17H11Cl2FN2O3/c1-24-16(17(19)23)9-2-5-14(11(20)6-9)25-15-8-21-13-7-10(18)3-4-12(13)22-15/h2-8,16H,1H3. The maximum absolute atomic E-state index is 14.3. The summed E-state index contributed by atoms with van der Waals surface area (Å²) < 4.78 is 24.6. The summed E-state index contributed by atoms with van der Waals surface area (Å²) in [6.45, 7) is 0. The molecule has 0 saturated carbocycles. The second-order valence-corrected chi connectivity index (χ2v) is 5.86. The average Bonchev–Trinajstić information content (AvgIpc) is 2.57. The Bertz CT molecular complexity index is 952. The number of rotatable bonds is 5. The number of benzene rings is 2. The summed E-state index contributed by atoms with van der Waals surface area (Å²) >= 11 is 11.3. The van der Waals surface area contributed by atoms with Crippen LogP contribution < -0.4 is 4.74 Å². The van der Waals surface area contributed by atoms with Gasteiger partial charge in [-0.25, -0.2) is 14.4 Å². The number of ether oxygens (including phenoxy) is 2. The predicted molar refractivity (Wildman–Crippen MR) is 91.6 cm³/mol. The summed E-state index contributed by atoms with van der Waals surface area (Å²) in [5, 5.41) is -0.201. The fourth-order valence-corrected chi connectivity index (χ4v) is 2.63. The van der Waals surface area contributed by atoms with E-state index in [0.29, 0.717) is 16.1 Å². The van der Waals surface area contributed by atoms with Crippen LogP contribution in [0.2, 0.25) is 5.02 Å². The number of carbonyl (C=O) groups excluding carboxylic acids is 1. The van der Waals surface area contributed by atoms with Crippen molar-refractivity contribution in [1.82, 2.24) is 9.97 Å². The molecular formula is C17H11Cl2FN2O3. The minimum atomic E-state index is -1.05. The molecule has 0 fully saturated rings. The predicted octanol–water partition coefficient (Wildman–Crippen LogP) is 4.67. The SMILES string of the molecule is COC(C(=O)Cl)c1ccc(Oc2cnc3cc(Cl)ccc3n2)c(F)c1. The van der Waals surface area contributed by atoms with Crippen molar-refractivity contribution in [2.45, 2.75) is 6.10 Å². The lowest BCUT2D eigenvalue weighted by atomic mass is 10.1. The van der Waals surface area contributed by atoms with E-state index in [1.165, 1.54) is 25.4 Å². The smallest absolute Gasteiger partial charge is 0.255 e. The molecule has 2 aromatic carbocycles. The van der Waals surface area contributed by atoms with E-state index in [-0.39, 0.29) is 17.2 Å². The molecule has 0 spiro atoms. The molecule has 25 heavy (non-hydrogen) atoms. The van der Waals surface area contributed by atoms with E-state index in [2.05, 4.69) is 9.97 Å². The van der Waals surface area contributed by atoms with Gasteiger partial charge in [0.15, 0.2) is 17.7 Å². The second kappa shape index (κ2) is 7.31. The van der Waals surface area contributed by atoms with Crippen molar-refractivity contribution in [3.05, 3.63) is 59.0 Å². The summed E-state index contributed by atoms with van der Waals surface area (Å²) in [4.78, 5) is 19.7. The largest absolute Gasteiger partial charge is 0.434 e. The quantitative estimate of drug-likeness (QED) is 0.602. The van der Waals surface area contributed by atoms with E-state index in [1.807, 2.05) is 0 Å². The molecule has 0 aliphatic rings. The maximum atomic E-state index is 14.3. The molecule has 3 aromatic rings. The Morgan fingerprint density at radius 1 is 1.20 bits per heavy atom. The van der Waals surface area contributed by atoms with Gasteiger partial charge in [-0.15, -0.1) is 0 Å². The third kappa shape index (κ3) is 3.87. The van der Waals surface area contributed by atoms with Gasteiger partial charge in [0.2, 0.25) is 5.88 Å². The first kappa shape index (κ1) is 17.5. The molecule has 0 N–H and O–H groups in total. The fraction of sp³-hybridized carbons (Fsp3) is 0.118.